The molecule has 0 amide bonds. The van der Waals surface area contributed by atoms with Gasteiger partial charge in [0.05, 0.1) is 11.0 Å². The summed E-state index contributed by atoms with van der Waals surface area (Å²) in [6.07, 6.45) is 1.79. The van der Waals surface area contributed by atoms with E-state index in [1.165, 1.54) is 0 Å². The maximum Gasteiger partial charge on any atom is 0.159 e. The molecule has 0 aliphatic heterocycles. The first-order chi connectivity index (χ1) is 7.86. The second-order valence-corrected chi connectivity index (χ2v) is 3.70. The van der Waals surface area contributed by atoms with Crippen LogP contribution in [-0.2, 0) is 7.05 Å². The number of fused-ring (bicyclic) bond motifs is 1. The van der Waals surface area contributed by atoms with E-state index in [-0.39, 0.29) is 0 Å². The Kier molecular flexibility index (Phi) is 1.96. The fourth-order valence-electron chi connectivity index (χ4n) is 1.87. The van der Waals surface area contributed by atoms with Gasteiger partial charge in [0.1, 0.15) is 5.69 Å². The van der Waals surface area contributed by atoms with Crippen molar-refractivity contribution in [1.82, 2.24) is 14.5 Å². The maximum absolute atomic E-state index is 4.58. The van der Waals surface area contributed by atoms with Crippen molar-refractivity contribution in [2.45, 2.75) is 0 Å². The predicted molar refractivity (Wildman–Crippen MR) is 63.9 cm³/mol. The first-order valence-corrected chi connectivity index (χ1v) is 5.19. The molecule has 0 spiro atoms. The highest BCUT2D eigenvalue weighted by Crippen LogP contribution is 2.21. The quantitative estimate of drug-likeness (QED) is 0.616. The summed E-state index contributed by atoms with van der Waals surface area (Å²) in [6, 6.07) is 14.0. The van der Waals surface area contributed by atoms with Crippen LogP contribution in [0.25, 0.3) is 22.6 Å². The van der Waals surface area contributed by atoms with Crippen LogP contribution in [0.15, 0.2) is 48.7 Å². The summed E-state index contributed by atoms with van der Waals surface area (Å²) in [5.74, 6) is 0.904. The fraction of sp³-hybridized carbons (Fsp3) is 0.0769. The number of aryl methyl sites for hydroxylation is 1. The first-order valence-electron chi connectivity index (χ1n) is 5.19. The lowest BCUT2D eigenvalue weighted by atomic mass is 10.3. The average Bonchev–Trinajstić information content (AvgIpc) is 2.69. The zero-order valence-corrected chi connectivity index (χ0v) is 8.96. The highest BCUT2D eigenvalue weighted by atomic mass is 15.1. The lowest BCUT2D eigenvalue weighted by molar-refractivity contribution is 0.950. The van der Waals surface area contributed by atoms with Crippen molar-refractivity contribution in [3.63, 3.8) is 0 Å². The molecule has 2 aromatic heterocycles. The van der Waals surface area contributed by atoms with Gasteiger partial charge in [-0.25, -0.2) is 4.98 Å². The fourth-order valence-corrected chi connectivity index (χ4v) is 1.87. The molecule has 3 nitrogen and oxygen atoms in total. The van der Waals surface area contributed by atoms with Gasteiger partial charge in [-0.2, -0.15) is 0 Å². The smallest absolute Gasteiger partial charge is 0.159 e. The molecule has 2 heterocycles. The van der Waals surface area contributed by atoms with Crippen LogP contribution >= 0.6 is 0 Å². The minimum Gasteiger partial charge on any atom is -0.326 e. The summed E-state index contributed by atoms with van der Waals surface area (Å²) < 4.78 is 2.07. The van der Waals surface area contributed by atoms with Gasteiger partial charge in [-0.15, -0.1) is 0 Å². The Morgan fingerprint density at radius 2 is 1.81 bits per heavy atom. The summed E-state index contributed by atoms with van der Waals surface area (Å²) in [7, 11) is 2.01. The van der Waals surface area contributed by atoms with Crippen LogP contribution in [0.5, 0.6) is 0 Å². The van der Waals surface area contributed by atoms with E-state index in [2.05, 4.69) is 20.6 Å². The van der Waals surface area contributed by atoms with E-state index in [1.807, 2.05) is 43.4 Å². The molecule has 0 aliphatic rings. The third kappa shape index (κ3) is 1.29. The molecule has 0 aliphatic carbocycles. The molecule has 78 valence electrons. The molecule has 16 heavy (non-hydrogen) atoms. The summed E-state index contributed by atoms with van der Waals surface area (Å²) in [4.78, 5) is 8.90. The zero-order chi connectivity index (χ0) is 11.0. The molecule has 0 N–H and O–H groups in total. The number of hydrogen-bond donors (Lipinski definition) is 0. The lowest BCUT2D eigenvalue weighted by Crippen LogP contribution is -1.93. The van der Waals surface area contributed by atoms with Gasteiger partial charge in [0.2, 0.25) is 0 Å². The highest BCUT2D eigenvalue weighted by molar-refractivity contribution is 5.79. The second-order valence-electron chi connectivity index (χ2n) is 3.70. The monoisotopic (exact) mass is 209 g/mol. The van der Waals surface area contributed by atoms with Crippen LogP contribution in [0.3, 0.4) is 0 Å². The molecule has 0 saturated heterocycles. The normalized spacial score (nSPS) is 10.8. The minimum absolute atomic E-state index is 0.904. The number of aromatic nitrogens is 3. The molecule has 3 aromatic rings. The van der Waals surface area contributed by atoms with Crippen molar-refractivity contribution in [3.8, 4) is 11.5 Å². The van der Waals surface area contributed by atoms with Crippen molar-refractivity contribution in [3.05, 3.63) is 48.7 Å². The van der Waals surface area contributed by atoms with Crippen LogP contribution in [0, 0.1) is 0 Å². The van der Waals surface area contributed by atoms with E-state index in [4.69, 9.17) is 0 Å². The Bertz CT molecular complexity index is 626. The van der Waals surface area contributed by atoms with Gasteiger partial charge in [-0.05, 0) is 24.3 Å². The van der Waals surface area contributed by atoms with Gasteiger partial charge in [0.15, 0.2) is 5.82 Å². The molecule has 0 unspecified atom stereocenters. The SMILES string of the molecule is Cn1c(-c2ccccn2)nc2ccccc21. The predicted octanol–water partition coefficient (Wildman–Crippen LogP) is 2.64. The molecule has 0 fully saturated rings. The first kappa shape index (κ1) is 9.09. The van der Waals surface area contributed by atoms with Crippen molar-refractivity contribution in [1.29, 1.82) is 0 Å². The average molecular weight is 209 g/mol. The lowest BCUT2D eigenvalue weighted by Gasteiger charge is -2.00. The number of para-hydroxylation sites is 2. The third-order valence-corrected chi connectivity index (χ3v) is 2.68. The van der Waals surface area contributed by atoms with Gasteiger partial charge in [0.25, 0.3) is 0 Å². The molecule has 0 radical (unpaired) electrons. The van der Waals surface area contributed by atoms with Crippen LogP contribution in [0.2, 0.25) is 0 Å². The number of benzene rings is 1. The molecule has 3 heteroatoms. The number of nitrogens with zero attached hydrogens (tertiary/aromatic N) is 3. The summed E-state index contributed by atoms with van der Waals surface area (Å²) >= 11 is 0. The Morgan fingerprint density at radius 1 is 1.00 bits per heavy atom. The number of pyridine rings is 1. The maximum atomic E-state index is 4.58. The molecule has 1 aromatic carbocycles. The zero-order valence-electron chi connectivity index (χ0n) is 8.96. The third-order valence-electron chi connectivity index (χ3n) is 2.68. The van der Waals surface area contributed by atoms with E-state index in [1.54, 1.807) is 6.20 Å². The van der Waals surface area contributed by atoms with E-state index in [0.717, 1.165) is 22.6 Å². The van der Waals surface area contributed by atoms with Gasteiger partial charge >= 0.3 is 0 Å². The van der Waals surface area contributed by atoms with Crippen molar-refractivity contribution >= 4 is 11.0 Å². The van der Waals surface area contributed by atoms with Gasteiger partial charge in [-0.3, -0.25) is 4.98 Å². The molecular formula is C13H11N3. The van der Waals surface area contributed by atoms with Crippen LogP contribution < -0.4 is 0 Å². The summed E-state index contributed by atoms with van der Waals surface area (Å²) in [6.45, 7) is 0. The summed E-state index contributed by atoms with van der Waals surface area (Å²) in [5, 5.41) is 0. The van der Waals surface area contributed by atoms with Gasteiger partial charge in [0, 0.05) is 13.2 Å². The van der Waals surface area contributed by atoms with Gasteiger partial charge < -0.3 is 4.57 Å². The van der Waals surface area contributed by atoms with E-state index in [0.29, 0.717) is 0 Å². The van der Waals surface area contributed by atoms with Crippen LogP contribution in [0.1, 0.15) is 0 Å². The Hall–Kier alpha value is -2.16. The Balaban J connectivity index is 2.29. The van der Waals surface area contributed by atoms with E-state index < -0.39 is 0 Å². The largest absolute Gasteiger partial charge is 0.326 e. The Labute approximate surface area is 93.4 Å². The molecule has 0 atom stereocenters. The standard InChI is InChI=1S/C13H11N3/c1-16-12-8-3-2-6-10(12)15-13(16)11-7-4-5-9-14-11/h2-9H,1H3. The minimum atomic E-state index is 0.904. The van der Waals surface area contributed by atoms with Crippen LogP contribution in [-0.4, -0.2) is 14.5 Å². The second kappa shape index (κ2) is 3.45. The summed E-state index contributed by atoms with van der Waals surface area (Å²) in [5.41, 5.74) is 3.04. The van der Waals surface area contributed by atoms with Crippen molar-refractivity contribution in [2.75, 3.05) is 0 Å². The molecule has 0 saturated carbocycles. The highest BCUT2D eigenvalue weighted by Gasteiger charge is 2.09. The number of rotatable bonds is 1. The van der Waals surface area contributed by atoms with Gasteiger partial charge in [-0.1, -0.05) is 18.2 Å². The van der Waals surface area contributed by atoms with Crippen molar-refractivity contribution in [2.24, 2.45) is 7.05 Å². The number of hydrogen-bond acceptors (Lipinski definition) is 2. The Morgan fingerprint density at radius 3 is 2.56 bits per heavy atom. The van der Waals surface area contributed by atoms with Crippen LogP contribution in [0.4, 0.5) is 0 Å². The van der Waals surface area contributed by atoms with E-state index >= 15 is 0 Å². The molecule has 0 bridgehead atoms. The topological polar surface area (TPSA) is 30.7 Å². The number of imidazole rings is 1. The molecular weight excluding hydrogens is 198 g/mol. The van der Waals surface area contributed by atoms with E-state index in [9.17, 15) is 0 Å². The molecule has 3 rings (SSSR count). The van der Waals surface area contributed by atoms with Crippen molar-refractivity contribution < 1.29 is 0 Å².